The van der Waals surface area contributed by atoms with Gasteiger partial charge in [-0.2, -0.15) is 0 Å². The number of carbonyl (C=O) groups is 2. The molecule has 194 valence electrons. The second kappa shape index (κ2) is 11.4. The Balaban J connectivity index is 1.62. The van der Waals surface area contributed by atoms with Gasteiger partial charge < -0.3 is 25.0 Å². The molecule has 1 aromatic heterocycles. The molecule has 3 aromatic rings. The molecule has 9 heteroatoms. The van der Waals surface area contributed by atoms with E-state index in [-0.39, 0.29) is 42.1 Å². The van der Waals surface area contributed by atoms with Crippen molar-refractivity contribution in [3.8, 4) is 17.0 Å². The Morgan fingerprint density at radius 1 is 1.22 bits per heavy atom. The van der Waals surface area contributed by atoms with E-state index in [2.05, 4.69) is 10.3 Å². The van der Waals surface area contributed by atoms with Gasteiger partial charge in [0.2, 0.25) is 5.88 Å². The van der Waals surface area contributed by atoms with Crippen LogP contribution in [-0.4, -0.2) is 70.7 Å². The number of rotatable bonds is 6. The summed E-state index contributed by atoms with van der Waals surface area (Å²) in [5, 5.41) is 12.4. The summed E-state index contributed by atoms with van der Waals surface area (Å²) < 4.78 is 20.3. The van der Waals surface area contributed by atoms with Crippen molar-refractivity contribution in [1.29, 1.82) is 0 Å². The second-order valence-electron chi connectivity index (χ2n) is 9.36. The topological polar surface area (TPSA) is 95.0 Å². The second-order valence-corrected chi connectivity index (χ2v) is 9.36. The van der Waals surface area contributed by atoms with E-state index in [0.29, 0.717) is 6.54 Å². The molecule has 0 bridgehead atoms. The number of para-hydroxylation sites is 1. The van der Waals surface area contributed by atoms with Crippen molar-refractivity contribution in [2.75, 3.05) is 32.1 Å². The first-order valence-electron chi connectivity index (χ1n) is 12.2. The van der Waals surface area contributed by atoms with Gasteiger partial charge in [-0.25, -0.2) is 14.2 Å². The number of benzene rings is 2. The number of fused-ring (bicyclic) bond motifs is 1. The summed E-state index contributed by atoms with van der Waals surface area (Å²) in [5.74, 6) is -0.846. The molecule has 0 saturated carbocycles. The number of hydrogen-bond acceptors (Lipinski definition) is 5. The van der Waals surface area contributed by atoms with E-state index in [4.69, 9.17) is 4.74 Å². The number of pyridine rings is 1. The summed E-state index contributed by atoms with van der Waals surface area (Å²) in [5.41, 5.74) is 2.04. The number of amides is 3. The highest BCUT2D eigenvalue weighted by atomic mass is 19.1. The molecule has 0 radical (unpaired) electrons. The zero-order valence-electron chi connectivity index (χ0n) is 21.1. The third kappa shape index (κ3) is 5.89. The van der Waals surface area contributed by atoms with E-state index in [0.717, 1.165) is 11.1 Å². The largest absolute Gasteiger partial charge is 0.472 e. The van der Waals surface area contributed by atoms with Crippen LogP contribution in [0.2, 0.25) is 0 Å². The van der Waals surface area contributed by atoms with Crippen LogP contribution in [0.3, 0.4) is 0 Å². The first kappa shape index (κ1) is 26.1. The van der Waals surface area contributed by atoms with Crippen molar-refractivity contribution in [3.05, 3.63) is 78.2 Å². The molecule has 37 heavy (non-hydrogen) atoms. The lowest BCUT2D eigenvalue weighted by molar-refractivity contribution is 0.0356. The number of aliphatic hydroxyl groups is 1. The van der Waals surface area contributed by atoms with E-state index in [1.807, 2.05) is 37.3 Å². The Labute approximate surface area is 215 Å². The highest BCUT2D eigenvalue weighted by molar-refractivity contribution is 5.98. The fourth-order valence-corrected chi connectivity index (χ4v) is 4.23. The molecule has 0 aliphatic carbocycles. The third-order valence-corrected chi connectivity index (χ3v) is 6.54. The van der Waals surface area contributed by atoms with Crippen LogP contribution >= 0.6 is 0 Å². The molecule has 0 unspecified atom stereocenters. The van der Waals surface area contributed by atoms with Crippen LogP contribution in [0.25, 0.3) is 11.1 Å². The van der Waals surface area contributed by atoms with Gasteiger partial charge in [0.05, 0.1) is 24.9 Å². The number of nitrogens with zero attached hydrogens (tertiary/aromatic N) is 3. The molecule has 4 rings (SSSR count). The van der Waals surface area contributed by atoms with Crippen molar-refractivity contribution in [2.24, 2.45) is 5.92 Å². The molecule has 2 N–H and O–H groups in total. The maximum absolute atomic E-state index is 14.0. The minimum absolute atomic E-state index is 0.0833. The number of anilines is 1. The Morgan fingerprint density at radius 3 is 2.62 bits per heavy atom. The normalized spacial score (nSPS) is 18.2. The average molecular weight is 507 g/mol. The highest BCUT2D eigenvalue weighted by Gasteiger charge is 2.34. The van der Waals surface area contributed by atoms with Gasteiger partial charge in [0, 0.05) is 31.3 Å². The number of aromatic nitrogens is 1. The first-order chi connectivity index (χ1) is 17.8. The minimum Gasteiger partial charge on any atom is -0.472 e. The van der Waals surface area contributed by atoms with E-state index in [9.17, 15) is 19.1 Å². The quantitative estimate of drug-likeness (QED) is 0.521. The molecule has 8 nitrogen and oxygen atoms in total. The number of likely N-dealkylation sites (N-methyl/N-ethyl adjacent to an activating group) is 1. The lowest BCUT2D eigenvalue weighted by atomic mass is 9.99. The maximum Gasteiger partial charge on any atom is 0.321 e. The molecular formula is C28H31FN4O4. The zero-order valence-corrected chi connectivity index (χ0v) is 21.1. The SMILES string of the molecule is C[C@H](CO)N1C[C@H](C)[C@H](CN(C)C(=O)Nc2ccccc2F)Oc2ncc(-c3ccccc3)cc2C1=O. The fourth-order valence-electron chi connectivity index (χ4n) is 4.23. The van der Waals surface area contributed by atoms with Crippen LogP contribution in [0, 0.1) is 11.7 Å². The Hall–Kier alpha value is -3.98. The van der Waals surface area contributed by atoms with Crippen molar-refractivity contribution in [1.82, 2.24) is 14.8 Å². The van der Waals surface area contributed by atoms with Gasteiger partial charge in [-0.3, -0.25) is 4.79 Å². The summed E-state index contributed by atoms with van der Waals surface area (Å²) in [7, 11) is 1.59. The number of urea groups is 1. The van der Waals surface area contributed by atoms with Gasteiger partial charge in [-0.15, -0.1) is 0 Å². The van der Waals surface area contributed by atoms with E-state index < -0.39 is 24.0 Å². The standard InChI is InChI=1S/C28H31FN4O4/c1-18-15-33(19(2)17-34)27(35)22-13-21(20-9-5-4-6-10-20)14-30-26(22)37-25(18)16-32(3)28(36)31-24-12-8-7-11-23(24)29/h4-14,18-19,25,34H,15-17H2,1-3H3,(H,31,36)/t18-,19+,25-/m0/s1. The van der Waals surface area contributed by atoms with Crippen LogP contribution in [-0.2, 0) is 0 Å². The summed E-state index contributed by atoms with van der Waals surface area (Å²) in [6, 6.07) is 16.4. The number of aliphatic hydroxyl groups excluding tert-OH is 1. The van der Waals surface area contributed by atoms with Gasteiger partial charge in [0.1, 0.15) is 17.5 Å². The maximum atomic E-state index is 14.0. The lowest BCUT2D eigenvalue weighted by Crippen LogP contribution is -2.50. The smallest absolute Gasteiger partial charge is 0.321 e. The van der Waals surface area contributed by atoms with Gasteiger partial charge in [0.15, 0.2) is 0 Å². The Bertz CT molecular complexity index is 1260. The molecule has 1 aliphatic heterocycles. The van der Waals surface area contributed by atoms with Crippen molar-refractivity contribution < 1.29 is 23.8 Å². The van der Waals surface area contributed by atoms with Gasteiger partial charge in [-0.1, -0.05) is 49.4 Å². The summed E-state index contributed by atoms with van der Waals surface area (Å²) in [6.07, 6.45) is 1.13. The molecule has 1 aliphatic rings. The van der Waals surface area contributed by atoms with E-state index >= 15 is 0 Å². The predicted octanol–water partition coefficient (Wildman–Crippen LogP) is 4.27. The Kier molecular flexibility index (Phi) is 8.03. The van der Waals surface area contributed by atoms with E-state index in [1.165, 1.54) is 17.0 Å². The van der Waals surface area contributed by atoms with Crippen LogP contribution in [0.5, 0.6) is 5.88 Å². The minimum atomic E-state index is -0.528. The van der Waals surface area contributed by atoms with Crippen molar-refractivity contribution >= 4 is 17.6 Å². The molecule has 0 saturated heterocycles. The fraction of sp³-hybridized carbons (Fsp3) is 0.321. The van der Waals surface area contributed by atoms with Crippen molar-refractivity contribution in [3.63, 3.8) is 0 Å². The van der Waals surface area contributed by atoms with Crippen molar-refractivity contribution in [2.45, 2.75) is 26.0 Å². The number of hydrogen-bond donors (Lipinski definition) is 2. The number of halogens is 1. The lowest BCUT2D eigenvalue weighted by Gasteiger charge is -2.37. The molecule has 2 heterocycles. The van der Waals surface area contributed by atoms with Crippen LogP contribution in [0.4, 0.5) is 14.9 Å². The first-order valence-corrected chi connectivity index (χ1v) is 12.2. The molecule has 3 amide bonds. The van der Waals surface area contributed by atoms with E-state index in [1.54, 1.807) is 43.3 Å². The van der Waals surface area contributed by atoms with Crippen LogP contribution in [0.1, 0.15) is 24.2 Å². The Morgan fingerprint density at radius 2 is 1.92 bits per heavy atom. The van der Waals surface area contributed by atoms with Gasteiger partial charge in [-0.05, 0) is 30.7 Å². The number of ether oxygens (including phenoxy) is 1. The molecule has 2 aromatic carbocycles. The molecular weight excluding hydrogens is 475 g/mol. The number of nitrogens with one attached hydrogen (secondary N) is 1. The monoisotopic (exact) mass is 506 g/mol. The number of carbonyl (C=O) groups excluding carboxylic acids is 2. The predicted molar refractivity (Wildman–Crippen MR) is 139 cm³/mol. The highest BCUT2D eigenvalue weighted by Crippen LogP contribution is 2.30. The van der Waals surface area contributed by atoms with Crippen LogP contribution < -0.4 is 10.1 Å². The molecule has 3 atom stereocenters. The third-order valence-electron chi connectivity index (χ3n) is 6.54. The molecule has 0 fully saturated rings. The summed E-state index contributed by atoms with van der Waals surface area (Å²) >= 11 is 0. The summed E-state index contributed by atoms with van der Waals surface area (Å²) in [6.45, 7) is 3.98. The molecule has 0 spiro atoms. The van der Waals surface area contributed by atoms with Gasteiger partial charge >= 0.3 is 6.03 Å². The van der Waals surface area contributed by atoms with Gasteiger partial charge in [0.25, 0.3) is 5.91 Å². The summed E-state index contributed by atoms with van der Waals surface area (Å²) in [4.78, 5) is 33.9. The zero-order chi connectivity index (χ0) is 26.5. The van der Waals surface area contributed by atoms with Crippen LogP contribution in [0.15, 0.2) is 66.9 Å². The average Bonchev–Trinajstić information content (AvgIpc) is 2.91.